The third-order valence-corrected chi connectivity index (χ3v) is 7.77. The van der Waals surface area contributed by atoms with Crippen LogP contribution < -0.4 is 9.80 Å². The van der Waals surface area contributed by atoms with Crippen molar-refractivity contribution in [3.05, 3.63) is 135 Å². The quantitative estimate of drug-likeness (QED) is 0.0400. The van der Waals surface area contributed by atoms with E-state index in [0.717, 1.165) is 17.0 Å². The van der Waals surface area contributed by atoms with Crippen molar-refractivity contribution in [3.63, 3.8) is 0 Å². The number of aromatic nitrogens is 3. The molecule has 256 valence electrons. The Hall–Kier alpha value is -6.21. The van der Waals surface area contributed by atoms with E-state index in [2.05, 4.69) is 10.3 Å². The fourth-order valence-corrected chi connectivity index (χ4v) is 5.22. The highest BCUT2D eigenvalue weighted by Gasteiger charge is 2.37. The van der Waals surface area contributed by atoms with Crippen molar-refractivity contribution < 1.29 is 33.6 Å². The SMILES string of the molecule is CCCCON(C(=O)c1ccccc1)c1c(-c2ccccc2)ccc(C(=O)OC(=O)c2c(CC)nnn2Cc2ccc(OC)cc2)c1[N+](=O)[O-]. The molecule has 0 radical (unpaired) electrons. The zero-order valence-electron chi connectivity index (χ0n) is 27.8. The average molecular weight is 678 g/mol. The molecular weight excluding hydrogens is 642 g/mol. The molecule has 0 bridgehead atoms. The topological polar surface area (TPSA) is 156 Å². The van der Waals surface area contributed by atoms with Crippen molar-refractivity contribution in [2.75, 3.05) is 18.8 Å². The summed E-state index contributed by atoms with van der Waals surface area (Å²) in [5.41, 5.74) is 0.309. The number of anilines is 1. The van der Waals surface area contributed by atoms with Gasteiger partial charge in [-0.05, 0) is 54.3 Å². The molecule has 1 heterocycles. The standard InChI is InChI=1S/C37H35N5O8/c1-4-6-23-49-41(35(43)27-15-11-8-12-16-27)32-29(26-13-9-7-10-14-26)21-22-30(33(32)42(46)47)36(44)50-37(45)34-31(5-2)38-39-40(34)24-25-17-19-28(48-3)20-18-25/h7-22H,4-6,23-24H2,1-3H3. The van der Waals surface area contributed by atoms with E-state index in [1.165, 1.54) is 16.8 Å². The van der Waals surface area contributed by atoms with Gasteiger partial charge in [-0.3, -0.25) is 19.7 Å². The van der Waals surface area contributed by atoms with Gasteiger partial charge in [0.1, 0.15) is 11.3 Å². The van der Waals surface area contributed by atoms with Crippen LogP contribution in [-0.4, -0.2) is 51.5 Å². The van der Waals surface area contributed by atoms with Gasteiger partial charge in [-0.2, -0.15) is 5.06 Å². The van der Waals surface area contributed by atoms with E-state index in [9.17, 15) is 24.5 Å². The lowest BCUT2D eigenvalue weighted by molar-refractivity contribution is -0.384. The van der Waals surface area contributed by atoms with Gasteiger partial charge in [0, 0.05) is 11.1 Å². The predicted octanol–water partition coefficient (Wildman–Crippen LogP) is 6.85. The lowest BCUT2D eigenvalue weighted by Crippen LogP contribution is -2.33. The minimum atomic E-state index is -1.30. The van der Waals surface area contributed by atoms with Crippen molar-refractivity contribution in [3.8, 4) is 16.9 Å². The Kier molecular flexibility index (Phi) is 11.4. The van der Waals surface area contributed by atoms with Crippen LogP contribution in [0, 0.1) is 10.1 Å². The number of carbonyl (C=O) groups is 3. The Morgan fingerprint density at radius 2 is 1.56 bits per heavy atom. The van der Waals surface area contributed by atoms with Crippen molar-refractivity contribution in [2.24, 2.45) is 0 Å². The minimum Gasteiger partial charge on any atom is -0.497 e. The number of nitro benzene ring substituents is 1. The summed E-state index contributed by atoms with van der Waals surface area (Å²) in [4.78, 5) is 59.5. The molecule has 0 N–H and O–H groups in total. The Bertz CT molecular complexity index is 1980. The number of hydrogen-bond donors (Lipinski definition) is 0. The number of nitro groups is 1. The van der Waals surface area contributed by atoms with E-state index in [1.54, 1.807) is 99.0 Å². The van der Waals surface area contributed by atoms with E-state index in [1.807, 2.05) is 6.92 Å². The lowest BCUT2D eigenvalue weighted by atomic mass is 9.98. The fourth-order valence-electron chi connectivity index (χ4n) is 5.22. The number of ether oxygens (including phenoxy) is 2. The number of amides is 1. The first kappa shape index (κ1) is 35.1. The average Bonchev–Trinajstić information content (AvgIpc) is 3.56. The molecule has 4 aromatic carbocycles. The minimum absolute atomic E-state index is 0.0542. The lowest BCUT2D eigenvalue weighted by Gasteiger charge is -2.25. The monoisotopic (exact) mass is 677 g/mol. The summed E-state index contributed by atoms with van der Waals surface area (Å²) in [6.45, 7) is 3.87. The maximum absolute atomic E-state index is 14.0. The second-order valence-corrected chi connectivity index (χ2v) is 11.1. The van der Waals surface area contributed by atoms with Crippen LogP contribution in [0.25, 0.3) is 11.1 Å². The molecule has 50 heavy (non-hydrogen) atoms. The number of rotatable bonds is 14. The van der Waals surface area contributed by atoms with Gasteiger partial charge in [-0.15, -0.1) is 5.10 Å². The van der Waals surface area contributed by atoms with Gasteiger partial charge in [0.2, 0.25) is 0 Å². The number of benzene rings is 4. The first-order valence-corrected chi connectivity index (χ1v) is 16.0. The van der Waals surface area contributed by atoms with E-state index in [0.29, 0.717) is 24.2 Å². The van der Waals surface area contributed by atoms with Crippen LogP contribution in [-0.2, 0) is 22.5 Å². The van der Waals surface area contributed by atoms with Gasteiger partial charge >= 0.3 is 17.6 Å². The molecule has 0 unspecified atom stereocenters. The van der Waals surface area contributed by atoms with Crippen molar-refractivity contribution >= 4 is 29.2 Å². The van der Waals surface area contributed by atoms with Crippen LogP contribution in [0.2, 0.25) is 0 Å². The predicted molar refractivity (Wildman–Crippen MR) is 184 cm³/mol. The number of unbranched alkanes of at least 4 members (excludes halogenated alkanes) is 1. The summed E-state index contributed by atoms with van der Waals surface area (Å²) >= 11 is 0. The molecule has 0 spiro atoms. The zero-order valence-corrected chi connectivity index (χ0v) is 27.8. The number of aryl methyl sites for hydroxylation is 1. The Morgan fingerprint density at radius 3 is 2.18 bits per heavy atom. The molecule has 0 fully saturated rings. The third kappa shape index (κ3) is 7.74. The normalized spacial score (nSPS) is 10.8. The van der Waals surface area contributed by atoms with E-state index >= 15 is 0 Å². The third-order valence-electron chi connectivity index (χ3n) is 7.77. The van der Waals surface area contributed by atoms with Gasteiger partial charge in [0.25, 0.3) is 5.91 Å². The number of hydroxylamine groups is 1. The molecule has 1 amide bonds. The highest BCUT2D eigenvalue weighted by atomic mass is 16.7. The molecule has 0 atom stereocenters. The number of methoxy groups -OCH3 is 1. The van der Waals surface area contributed by atoms with Crippen LogP contribution in [0.1, 0.15) is 69.2 Å². The van der Waals surface area contributed by atoms with Crippen LogP contribution in [0.4, 0.5) is 11.4 Å². The summed E-state index contributed by atoms with van der Waals surface area (Å²) in [5.74, 6) is -2.44. The maximum Gasteiger partial charge on any atom is 0.366 e. The summed E-state index contributed by atoms with van der Waals surface area (Å²) in [7, 11) is 1.55. The maximum atomic E-state index is 14.0. The van der Waals surface area contributed by atoms with Crippen molar-refractivity contribution in [1.82, 2.24) is 15.0 Å². The van der Waals surface area contributed by atoms with Crippen LogP contribution in [0.15, 0.2) is 97.1 Å². The Balaban J connectivity index is 1.59. The number of carbonyl (C=O) groups excluding carboxylic acids is 3. The molecule has 0 saturated carbocycles. The van der Waals surface area contributed by atoms with Gasteiger partial charge in [-0.1, -0.05) is 92.2 Å². The van der Waals surface area contributed by atoms with Gasteiger partial charge in [0.05, 0.1) is 30.9 Å². The van der Waals surface area contributed by atoms with Gasteiger partial charge in [-0.25, -0.2) is 14.3 Å². The van der Waals surface area contributed by atoms with Crippen molar-refractivity contribution in [1.29, 1.82) is 0 Å². The second-order valence-electron chi connectivity index (χ2n) is 11.1. The number of esters is 2. The Morgan fingerprint density at radius 1 is 0.880 bits per heavy atom. The summed E-state index contributed by atoms with van der Waals surface area (Å²) in [6, 6.07) is 26.6. The van der Waals surface area contributed by atoms with E-state index in [4.69, 9.17) is 14.3 Å². The van der Waals surface area contributed by atoms with Crippen LogP contribution >= 0.6 is 0 Å². The summed E-state index contributed by atoms with van der Waals surface area (Å²) in [5, 5.41) is 22.0. The molecule has 13 nitrogen and oxygen atoms in total. The van der Waals surface area contributed by atoms with Crippen LogP contribution in [0.5, 0.6) is 5.75 Å². The van der Waals surface area contributed by atoms with Crippen molar-refractivity contribution in [2.45, 2.75) is 39.7 Å². The smallest absolute Gasteiger partial charge is 0.366 e. The molecule has 13 heteroatoms. The van der Waals surface area contributed by atoms with E-state index in [-0.39, 0.29) is 41.4 Å². The first-order chi connectivity index (χ1) is 24.3. The highest BCUT2D eigenvalue weighted by Crippen LogP contribution is 2.42. The number of nitrogens with zero attached hydrogens (tertiary/aromatic N) is 5. The molecule has 0 aliphatic rings. The van der Waals surface area contributed by atoms with Gasteiger partial charge < -0.3 is 9.47 Å². The summed E-state index contributed by atoms with van der Waals surface area (Å²) < 4.78 is 11.8. The first-order valence-electron chi connectivity index (χ1n) is 16.0. The highest BCUT2D eigenvalue weighted by molar-refractivity contribution is 6.12. The Labute approximate surface area is 288 Å². The molecule has 0 aliphatic heterocycles. The molecular formula is C37H35N5O8. The molecule has 5 aromatic rings. The fraction of sp³-hybridized carbons (Fsp3) is 0.216. The number of hydrogen-bond acceptors (Lipinski definition) is 10. The van der Waals surface area contributed by atoms with Crippen LogP contribution in [0.3, 0.4) is 0 Å². The largest absolute Gasteiger partial charge is 0.497 e. The van der Waals surface area contributed by atoms with Gasteiger partial charge in [0.15, 0.2) is 11.4 Å². The molecule has 1 aromatic heterocycles. The second kappa shape index (κ2) is 16.3. The molecule has 0 aliphatic carbocycles. The zero-order chi connectivity index (χ0) is 35.6. The van der Waals surface area contributed by atoms with E-state index < -0.39 is 34.0 Å². The molecule has 0 saturated heterocycles. The molecule has 5 rings (SSSR count). The summed E-state index contributed by atoms with van der Waals surface area (Å²) in [6.07, 6.45) is 1.56.